The largest absolute Gasteiger partial charge is 0.493 e. The lowest BCUT2D eigenvalue weighted by Gasteiger charge is -2.18. The quantitative estimate of drug-likeness (QED) is 0.272. The number of thioether (sulfide) groups is 1. The van der Waals surface area contributed by atoms with Crippen LogP contribution in [-0.2, 0) is 0 Å². The summed E-state index contributed by atoms with van der Waals surface area (Å²) in [6, 6.07) is 8.45. The van der Waals surface area contributed by atoms with E-state index in [1.165, 1.54) is 5.56 Å². The van der Waals surface area contributed by atoms with E-state index in [1.54, 1.807) is 7.05 Å². The van der Waals surface area contributed by atoms with E-state index in [-0.39, 0.29) is 30.0 Å². The first-order valence-corrected chi connectivity index (χ1v) is 9.15. The SMILES string of the molecule is CN=C(NCCSC)NC(C)c1ccc(OCC(C)C)cc1.I. The summed E-state index contributed by atoms with van der Waals surface area (Å²) in [5.74, 6) is 3.36. The molecular weight excluding hydrogens is 421 g/mol. The lowest BCUT2D eigenvalue weighted by atomic mass is 10.1. The maximum Gasteiger partial charge on any atom is 0.191 e. The molecule has 1 atom stereocenters. The molecule has 0 aliphatic rings. The molecule has 1 aromatic rings. The molecule has 1 unspecified atom stereocenters. The molecule has 2 N–H and O–H groups in total. The molecule has 23 heavy (non-hydrogen) atoms. The van der Waals surface area contributed by atoms with Crippen LogP contribution in [0.15, 0.2) is 29.3 Å². The maximum absolute atomic E-state index is 5.71. The third-order valence-electron chi connectivity index (χ3n) is 3.14. The average Bonchev–Trinajstić information content (AvgIpc) is 2.52. The van der Waals surface area contributed by atoms with Crippen LogP contribution in [0.25, 0.3) is 0 Å². The standard InChI is InChI=1S/C17H29N3OS.HI/c1-13(2)12-21-16-8-6-15(7-9-16)14(3)20-17(18-4)19-10-11-22-5;/h6-9,13-14H,10-12H2,1-5H3,(H2,18,19,20);1H. The smallest absolute Gasteiger partial charge is 0.191 e. The predicted molar refractivity (Wildman–Crippen MR) is 113 cm³/mol. The van der Waals surface area contributed by atoms with Crippen LogP contribution in [-0.4, -0.2) is 38.2 Å². The van der Waals surface area contributed by atoms with E-state index in [0.717, 1.165) is 30.6 Å². The van der Waals surface area contributed by atoms with Crippen molar-refractivity contribution in [2.75, 3.05) is 32.2 Å². The van der Waals surface area contributed by atoms with Gasteiger partial charge < -0.3 is 15.4 Å². The van der Waals surface area contributed by atoms with Gasteiger partial charge in [-0.3, -0.25) is 4.99 Å². The number of ether oxygens (including phenoxy) is 1. The van der Waals surface area contributed by atoms with E-state index in [9.17, 15) is 0 Å². The highest BCUT2D eigenvalue weighted by Gasteiger charge is 2.08. The molecular formula is C17H30IN3OS. The van der Waals surface area contributed by atoms with Crippen LogP contribution in [0, 0.1) is 5.92 Å². The molecule has 132 valence electrons. The highest BCUT2D eigenvalue weighted by atomic mass is 127. The summed E-state index contributed by atoms with van der Waals surface area (Å²) in [6.45, 7) is 8.09. The van der Waals surface area contributed by atoms with Gasteiger partial charge in [-0.1, -0.05) is 26.0 Å². The Morgan fingerprint density at radius 2 is 1.87 bits per heavy atom. The van der Waals surface area contributed by atoms with Gasteiger partial charge in [0.1, 0.15) is 5.75 Å². The minimum atomic E-state index is 0. The van der Waals surface area contributed by atoms with E-state index in [4.69, 9.17) is 4.74 Å². The topological polar surface area (TPSA) is 45.7 Å². The number of rotatable bonds is 8. The van der Waals surface area contributed by atoms with Crippen LogP contribution in [0.5, 0.6) is 5.75 Å². The summed E-state index contributed by atoms with van der Waals surface area (Å²) in [5, 5.41) is 6.71. The molecule has 0 amide bonds. The molecule has 1 aromatic carbocycles. The first-order chi connectivity index (χ1) is 10.6. The fourth-order valence-corrected chi connectivity index (χ4v) is 2.18. The number of hydrogen-bond acceptors (Lipinski definition) is 3. The Morgan fingerprint density at radius 1 is 1.22 bits per heavy atom. The molecule has 0 saturated carbocycles. The molecule has 4 nitrogen and oxygen atoms in total. The molecule has 0 saturated heterocycles. The third-order valence-corrected chi connectivity index (χ3v) is 3.75. The van der Waals surface area contributed by atoms with Crippen LogP contribution in [0.4, 0.5) is 0 Å². The van der Waals surface area contributed by atoms with Gasteiger partial charge in [0.15, 0.2) is 5.96 Å². The van der Waals surface area contributed by atoms with Gasteiger partial charge in [-0.05, 0) is 36.8 Å². The Balaban J connectivity index is 0.00000484. The number of hydrogen-bond donors (Lipinski definition) is 2. The van der Waals surface area contributed by atoms with Gasteiger partial charge in [-0.2, -0.15) is 11.8 Å². The molecule has 0 bridgehead atoms. The Kier molecular flexibility index (Phi) is 12.4. The molecule has 0 heterocycles. The fourth-order valence-electron chi connectivity index (χ4n) is 1.87. The maximum atomic E-state index is 5.71. The summed E-state index contributed by atoms with van der Waals surface area (Å²) < 4.78 is 5.71. The van der Waals surface area contributed by atoms with Gasteiger partial charge in [0, 0.05) is 19.3 Å². The van der Waals surface area contributed by atoms with Gasteiger partial charge in [-0.25, -0.2) is 0 Å². The van der Waals surface area contributed by atoms with Crippen molar-refractivity contribution in [3.8, 4) is 5.75 Å². The zero-order valence-electron chi connectivity index (χ0n) is 14.8. The van der Waals surface area contributed by atoms with Crippen LogP contribution in [0.2, 0.25) is 0 Å². The molecule has 6 heteroatoms. The first-order valence-electron chi connectivity index (χ1n) is 7.75. The normalized spacial score (nSPS) is 12.5. The number of guanidine groups is 1. The fraction of sp³-hybridized carbons (Fsp3) is 0.588. The van der Waals surface area contributed by atoms with Crippen molar-refractivity contribution >= 4 is 41.7 Å². The summed E-state index contributed by atoms with van der Waals surface area (Å²) >= 11 is 1.82. The van der Waals surface area contributed by atoms with Crippen LogP contribution in [0.1, 0.15) is 32.4 Å². The van der Waals surface area contributed by atoms with Crippen LogP contribution < -0.4 is 15.4 Å². The predicted octanol–water partition coefficient (Wildman–Crippen LogP) is 3.93. The zero-order valence-corrected chi connectivity index (χ0v) is 17.9. The number of nitrogens with one attached hydrogen (secondary N) is 2. The Labute approximate surface area is 162 Å². The van der Waals surface area contributed by atoms with Crippen molar-refractivity contribution in [2.45, 2.75) is 26.8 Å². The Morgan fingerprint density at radius 3 is 2.39 bits per heavy atom. The monoisotopic (exact) mass is 451 g/mol. The van der Waals surface area contributed by atoms with Crippen molar-refractivity contribution in [2.24, 2.45) is 10.9 Å². The first kappa shape index (κ1) is 22.4. The van der Waals surface area contributed by atoms with E-state index in [1.807, 2.05) is 23.9 Å². The Bertz CT molecular complexity index is 452. The molecule has 0 aliphatic carbocycles. The van der Waals surface area contributed by atoms with Gasteiger partial charge in [-0.15, -0.1) is 24.0 Å². The lowest BCUT2D eigenvalue weighted by Crippen LogP contribution is -2.39. The highest BCUT2D eigenvalue weighted by molar-refractivity contribution is 14.0. The van der Waals surface area contributed by atoms with Gasteiger partial charge in [0.2, 0.25) is 0 Å². The average molecular weight is 451 g/mol. The van der Waals surface area contributed by atoms with E-state index in [2.05, 4.69) is 54.8 Å². The molecule has 0 aliphatic heterocycles. The molecule has 0 fully saturated rings. The van der Waals surface area contributed by atoms with Gasteiger partial charge >= 0.3 is 0 Å². The van der Waals surface area contributed by atoms with Crippen molar-refractivity contribution in [3.63, 3.8) is 0 Å². The molecule has 0 aromatic heterocycles. The minimum Gasteiger partial charge on any atom is -0.493 e. The lowest BCUT2D eigenvalue weighted by molar-refractivity contribution is 0.271. The number of halogens is 1. The van der Waals surface area contributed by atoms with Crippen molar-refractivity contribution in [3.05, 3.63) is 29.8 Å². The molecule has 0 radical (unpaired) electrons. The second-order valence-corrected chi connectivity index (χ2v) is 6.62. The second-order valence-electron chi connectivity index (χ2n) is 5.63. The zero-order chi connectivity index (χ0) is 16.4. The number of aliphatic imine (C=N–C) groups is 1. The van der Waals surface area contributed by atoms with Crippen molar-refractivity contribution in [1.82, 2.24) is 10.6 Å². The summed E-state index contributed by atoms with van der Waals surface area (Å²) in [4.78, 5) is 4.25. The highest BCUT2D eigenvalue weighted by Crippen LogP contribution is 2.18. The van der Waals surface area contributed by atoms with Crippen molar-refractivity contribution < 1.29 is 4.74 Å². The van der Waals surface area contributed by atoms with Crippen LogP contribution >= 0.6 is 35.7 Å². The minimum absolute atomic E-state index is 0. The number of nitrogens with zero attached hydrogens (tertiary/aromatic N) is 1. The molecule has 0 spiro atoms. The van der Waals surface area contributed by atoms with Gasteiger partial charge in [0.25, 0.3) is 0 Å². The molecule has 1 rings (SSSR count). The van der Waals surface area contributed by atoms with Gasteiger partial charge in [0.05, 0.1) is 12.6 Å². The third kappa shape index (κ3) is 9.30. The van der Waals surface area contributed by atoms with Crippen molar-refractivity contribution in [1.29, 1.82) is 0 Å². The summed E-state index contributed by atoms with van der Waals surface area (Å²) in [5.41, 5.74) is 1.21. The second kappa shape index (κ2) is 12.8. The number of benzene rings is 1. The summed E-state index contributed by atoms with van der Waals surface area (Å²) in [6.07, 6.45) is 2.10. The van der Waals surface area contributed by atoms with E-state index < -0.39 is 0 Å². The summed E-state index contributed by atoms with van der Waals surface area (Å²) in [7, 11) is 1.80. The van der Waals surface area contributed by atoms with E-state index in [0.29, 0.717) is 5.92 Å². The Hall–Kier alpha value is -0.630. The van der Waals surface area contributed by atoms with E-state index >= 15 is 0 Å². The van der Waals surface area contributed by atoms with Crippen LogP contribution in [0.3, 0.4) is 0 Å².